The van der Waals surface area contributed by atoms with Crippen LogP contribution >= 0.6 is 0 Å². The maximum absolute atomic E-state index is 12.0. The van der Waals surface area contributed by atoms with Gasteiger partial charge in [-0.15, -0.1) is 10.2 Å². The van der Waals surface area contributed by atoms with Gasteiger partial charge < -0.3 is 14.6 Å². The molecule has 0 atom stereocenters. The van der Waals surface area contributed by atoms with Gasteiger partial charge in [-0.1, -0.05) is 6.42 Å². The summed E-state index contributed by atoms with van der Waals surface area (Å²) in [6, 6.07) is 1.89. The Morgan fingerprint density at radius 2 is 2.08 bits per heavy atom. The smallest absolute Gasteiger partial charge is 0.265 e. The van der Waals surface area contributed by atoms with Crippen molar-refractivity contribution in [3.05, 3.63) is 17.7 Å². The molecule has 3 heterocycles. The van der Waals surface area contributed by atoms with E-state index in [0.717, 1.165) is 31.0 Å². The second-order valence-electron chi connectivity index (χ2n) is 6.55. The van der Waals surface area contributed by atoms with Gasteiger partial charge in [0.25, 0.3) is 5.89 Å². The van der Waals surface area contributed by atoms with Crippen LogP contribution in [-0.4, -0.2) is 57.0 Å². The lowest BCUT2D eigenvalue weighted by molar-refractivity contribution is -0.121. The highest BCUT2D eigenvalue weighted by Gasteiger charge is 2.14. The predicted molar refractivity (Wildman–Crippen MR) is 92.9 cm³/mol. The van der Waals surface area contributed by atoms with Crippen molar-refractivity contribution in [1.82, 2.24) is 30.2 Å². The number of aryl methyl sites for hydroxylation is 3. The average molecular weight is 346 g/mol. The zero-order chi connectivity index (χ0) is 17.6. The molecule has 0 saturated carbocycles. The van der Waals surface area contributed by atoms with Gasteiger partial charge in [0.2, 0.25) is 11.8 Å². The highest BCUT2D eigenvalue weighted by Crippen LogP contribution is 2.18. The van der Waals surface area contributed by atoms with Crippen LogP contribution in [0.3, 0.4) is 0 Å². The van der Waals surface area contributed by atoms with Crippen LogP contribution in [0.15, 0.2) is 10.5 Å². The topological polar surface area (TPSA) is 89.1 Å². The number of likely N-dealkylation sites (tertiary alicyclic amines) is 1. The quantitative estimate of drug-likeness (QED) is 0.813. The summed E-state index contributed by atoms with van der Waals surface area (Å²) in [6.07, 6.45) is 4.66. The maximum Gasteiger partial charge on any atom is 0.265 e. The Hall–Kier alpha value is -2.22. The van der Waals surface area contributed by atoms with Crippen molar-refractivity contribution < 1.29 is 9.21 Å². The molecule has 0 radical (unpaired) electrons. The largest absolute Gasteiger partial charge is 0.419 e. The molecule has 0 spiro atoms. The second-order valence-corrected chi connectivity index (χ2v) is 6.55. The summed E-state index contributed by atoms with van der Waals surface area (Å²) in [7, 11) is 1.84. The van der Waals surface area contributed by atoms with Crippen LogP contribution in [0.5, 0.6) is 0 Å². The van der Waals surface area contributed by atoms with E-state index in [-0.39, 0.29) is 5.91 Å². The molecule has 8 nitrogen and oxygen atoms in total. The monoisotopic (exact) mass is 346 g/mol. The van der Waals surface area contributed by atoms with Crippen LogP contribution in [0.4, 0.5) is 0 Å². The van der Waals surface area contributed by atoms with Gasteiger partial charge in [-0.2, -0.15) is 5.10 Å². The third-order valence-corrected chi connectivity index (χ3v) is 4.45. The Morgan fingerprint density at radius 3 is 2.80 bits per heavy atom. The molecular weight excluding hydrogens is 320 g/mol. The molecule has 1 amide bonds. The zero-order valence-electron chi connectivity index (χ0n) is 15.0. The summed E-state index contributed by atoms with van der Waals surface area (Å²) in [5, 5.41) is 15.3. The van der Waals surface area contributed by atoms with Crippen LogP contribution in [0, 0.1) is 6.92 Å². The molecule has 0 aromatic carbocycles. The standard InChI is InChI=1S/C17H26N6O2/c1-13-12-14(22(2)21-13)17-20-19-16(25-17)7-6-15(24)18-8-11-23-9-4-3-5-10-23/h12H,3-11H2,1-2H3,(H,18,24). The number of piperidine rings is 1. The SMILES string of the molecule is Cc1cc(-c2nnc(CCC(=O)NCCN3CCCCC3)o2)n(C)n1. The van der Waals surface area contributed by atoms with Gasteiger partial charge in [-0.3, -0.25) is 9.48 Å². The van der Waals surface area contributed by atoms with Crippen LogP contribution in [-0.2, 0) is 18.3 Å². The van der Waals surface area contributed by atoms with Gasteiger partial charge in [0.15, 0.2) is 0 Å². The van der Waals surface area contributed by atoms with Crippen molar-refractivity contribution >= 4 is 5.91 Å². The van der Waals surface area contributed by atoms with E-state index in [1.54, 1.807) is 4.68 Å². The number of rotatable bonds is 7. The predicted octanol–water partition coefficient (Wildman–Crippen LogP) is 1.31. The lowest BCUT2D eigenvalue weighted by atomic mass is 10.1. The van der Waals surface area contributed by atoms with Crippen molar-refractivity contribution in [1.29, 1.82) is 0 Å². The number of hydrogen-bond donors (Lipinski definition) is 1. The molecule has 1 aliphatic heterocycles. The van der Waals surface area contributed by atoms with Crippen molar-refractivity contribution in [3.8, 4) is 11.6 Å². The molecule has 8 heteroatoms. The molecule has 2 aromatic heterocycles. The van der Waals surface area contributed by atoms with E-state index in [2.05, 4.69) is 25.5 Å². The van der Waals surface area contributed by atoms with E-state index in [0.29, 0.717) is 31.2 Å². The van der Waals surface area contributed by atoms with Gasteiger partial charge in [-0.05, 0) is 38.9 Å². The molecule has 1 aliphatic rings. The Labute approximate surface area is 147 Å². The summed E-state index contributed by atoms with van der Waals surface area (Å²) in [5.41, 5.74) is 1.67. The van der Waals surface area contributed by atoms with Crippen molar-refractivity contribution in [3.63, 3.8) is 0 Å². The first kappa shape index (κ1) is 17.6. The summed E-state index contributed by atoms with van der Waals surface area (Å²) >= 11 is 0. The Balaban J connectivity index is 1.41. The normalized spacial score (nSPS) is 15.4. The molecule has 0 unspecified atom stereocenters. The van der Waals surface area contributed by atoms with E-state index in [4.69, 9.17) is 4.42 Å². The molecule has 1 saturated heterocycles. The number of amides is 1. The van der Waals surface area contributed by atoms with Gasteiger partial charge in [-0.25, -0.2) is 0 Å². The molecular formula is C17H26N6O2. The fourth-order valence-electron chi connectivity index (χ4n) is 3.11. The van der Waals surface area contributed by atoms with E-state index >= 15 is 0 Å². The first-order valence-electron chi connectivity index (χ1n) is 8.94. The molecule has 3 rings (SSSR count). The first-order chi connectivity index (χ1) is 12.1. The molecule has 2 aromatic rings. The molecule has 0 aliphatic carbocycles. The minimum absolute atomic E-state index is 0.0214. The summed E-state index contributed by atoms with van der Waals surface area (Å²) in [4.78, 5) is 14.4. The van der Waals surface area contributed by atoms with Crippen LogP contribution in [0.1, 0.15) is 37.3 Å². The summed E-state index contributed by atoms with van der Waals surface area (Å²) in [6.45, 7) is 5.83. The van der Waals surface area contributed by atoms with Crippen LogP contribution in [0.25, 0.3) is 11.6 Å². The Morgan fingerprint density at radius 1 is 1.28 bits per heavy atom. The minimum atomic E-state index is 0.0214. The average Bonchev–Trinajstić information content (AvgIpc) is 3.20. The van der Waals surface area contributed by atoms with Crippen molar-refractivity contribution in [2.45, 2.75) is 39.0 Å². The lowest BCUT2D eigenvalue weighted by Gasteiger charge is -2.26. The van der Waals surface area contributed by atoms with Crippen LogP contribution in [0.2, 0.25) is 0 Å². The molecule has 136 valence electrons. The Bertz CT molecular complexity index is 702. The maximum atomic E-state index is 12.0. The fraction of sp³-hybridized carbons (Fsp3) is 0.647. The molecule has 1 N–H and O–H groups in total. The van der Waals surface area contributed by atoms with E-state index in [1.807, 2.05) is 20.0 Å². The van der Waals surface area contributed by atoms with E-state index < -0.39 is 0 Å². The van der Waals surface area contributed by atoms with E-state index in [9.17, 15) is 4.79 Å². The van der Waals surface area contributed by atoms with Crippen LogP contribution < -0.4 is 5.32 Å². The number of carbonyl (C=O) groups excluding carboxylic acids is 1. The van der Waals surface area contributed by atoms with Crippen molar-refractivity contribution in [2.75, 3.05) is 26.2 Å². The number of nitrogens with zero attached hydrogens (tertiary/aromatic N) is 5. The third kappa shape index (κ3) is 4.88. The van der Waals surface area contributed by atoms with Crippen molar-refractivity contribution in [2.24, 2.45) is 7.05 Å². The van der Waals surface area contributed by atoms with E-state index in [1.165, 1.54) is 19.3 Å². The molecule has 0 bridgehead atoms. The number of hydrogen-bond acceptors (Lipinski definition) is 6. The minimum Gasteiger partial charge on any atom is -0.419 e. The number of carbonyl (C=O) groups is 1. The van der Waals surface area contributed by atoms with Gasteiger partial charge in [0.05, 0.1) is 5.69 Å². The fourth-order valence-corrected chi connectivity index (χ4v) is 3.11. The first-order valence-corrected chi connectivity index (χ1v) is 8.94. The number of aromatic nitrogens is 4. The van der Waals surface area contributed by atoms with Gasteiger partial charge in [0.1, 0.15) is 5.69 Å². The van der Waals surface area contributed by atoms with Gasteiger partial charge in [0, 0.05) is 33.0 Å². The second kappa shape index (κ2) is 8.24. The zero-order valence-corrected chi connectivity index (χ0v) is 15.0. The molecule has 1 fully saturated rings. The molecule has 25 heavy (non-hydrogen) atoms. The summed E-state index contributed by atoms with van der Waals surface area (Å²) in [5.74, 6) is 0.928. The highest BCUT2D eigenvalue weighted by molar-refractivity contribution is 5.76. The summed E-state index contributed by atoms with van der Waals surface area (Å²) < 4.78 is 7.35. The third-order valence-electron chi connectivity index (χ3n) is 4.45. The lowest BCUT2D eigenvalue weighted by Crippen LogP contribution is -2.37. The number of nitrogens with one attached hydrogen (secondary N) is 1. The Kier molecular flexibility index (Phi) is 5.80. The highest BCUT2D eigenvalue weighted by atomic mass is 16.4. The van der Waals surface area contributed by atoms with Gasteiger partial charge >= 0.3 is 0 Å².